The van der Waals surface area contributed by atoms with Crippen molar-refractivity contribution >= 4 is 35.1 Å². The van der Waals surface area contributed by atoms with Crippen molar-refractivity contribution in [2.75, 3.05) is 26.7 Å². The van der Waals surface area contributed by atoms with Gasteiger partial charge in [0.1, 0.15) is 0 Å². The molecule has 1 aliphatic heterocycles. The molecule has 0 unspecified atom stereocenters. The molecular weight excluding hydrogens is 397 g/mol. The first-order valence-electron chi connectivity index (χ1n) is 9.40. The summed E-state index contributed by atoms with van der Waals surface area (Å²) in [4.78, 5) is 29.1. The Kier molecular flexibility index (Phi) is 6.36. The molecule has 3 amide bonds. The number of aryl methyl sites for hydroxylation is 2. The second-order valence-corrected chi connectivity index (χ2v) is 8.23. The minimum Gasteiger partial charge on any atom is -0.341 e. The predicted molar refractivity (Wildman–Crippen MR) is 113 cm³/mol. The molecule has 1 atom stereocenters. The van der Waals surface area contributed by atoms with Gasteiger partial charge in [0.05, 0.1) is 11.1 Å². The van der Waals surface area contributed by atoms with E-state index in [1.807, 2.05) is 43.0 Å². The lowest BCUT2D eigenvalue weighted by atomic mass is 9.94. The molecule has 1 heterocycles. The molecule has 150 valence electrons. The van der Waals surface area contributed by atoms with Crippen LogP contribution in [0.2, 0.25) is 0 Å². The third-order valence-electron chi connectivity index (χ3n) is 5.24. The van der Waals surface area contributed by atoms with E-state index in [1.54, 1.807) is 11.9 Å². The van der Waals surface area contributed by atoms with Gasteiger partial charge in [0.25, 0.3) is 5.91 Å². The van der Waals surface area contributed by atoms with Gasteiger partial charge in [-0.25, -0.2) is 4.79 Å². The number of carbonyl (C=O) groups excluding carboxylic acids is 2. The maximum absolute atomic E-state index is 13.1. The Labute approximate surface area is 176 Å². The highest BCUT2D eigenvalue weighted by Crippen LogP contribution is 2.33. The van der Waals surface area contributed by atoms with Crippen molar-refractivity contribution in [2.45, 2.75) is 32.7 Å². The fourth-order valence-corrected chi connectivity index (χ4v) is 4.29. The van der Waals surface area contributed by atoms with Crippen LogP contribution in [0.3, 0.4) is 0 Å². The van der Waals surface area contributed by atoms with Gasteiger partial charge >= 0.3 is 6.03 Å². The minimum atomic E-state index is -0.220. The van der Waals surface area contributed by atoms with Crippen LogP contribution < -0.4 is 5.32 Å². The number of halogens is 2. The summed E-state index contributed by atoms with van der Waals surface area (Å²) in [5.41, 5.74) is 3.83. The van der Waals surface area contributed by atoms with Crippen molar-refractivity contribution in [1.29, 1.82) is 0 Å². The van der Waals surface area contributed by atoms with Crippen LogP contribution in [-0.2, 0) is 0 Å². The predicted octanol–water partition coefficient (Wildman–Crippen LogP) is 4.18. The highest BCUT2D eigenvalue weighted by Gasteiger charge is 2.35. The third-order valence-corrected chi connectivity index (χ3v) is 6.07. The van der Waals surface area contributed by atoms with Gasteiger partial charge in [0, 0.05) is 37.3 Å². The molecule has 1 fully saturated rings. The van der Waals surface area contributed by atoms with E-state index in [2.05, 4.69) is 5.32 Å². The van der Waals surface area contributed by atoms with Crippen molar-refractivity contribution in [3.63, 3.8) is 0 Å². The molecule has 7 heteroatoms. The van der Waals surface area contributed by atoms with Crippen molar-refractivity contribution in [3.8, 4) is 0 Å². The molecule has 1 N–H and O–H groups in total. The Hall–Kier alpha value is -1.98. The first kappa shape index (κ1) is 20.7. The SMILES string of the molecule is CNC(=O)N1CCN(C(=O)c2cc(C)cc(C)c2)C[C@H]1C1=CC(Cl)=C(Cl)CC1. The van der Waals surface area contributed by atoms with Crippen LogP contribution in [0.5, 0.6) is 0 Å². The summed E-state index contributed by atoms with van der Waals surface area (Å²) in [6, 6.07) is 5.50. The van der Waals surface area contributed by atoms with E-state index in [0.717, 1.165) is 23.1 Å². The Balaban J connectivity index is 1.88. The lowest BCUT2D eigenvalue weighted by Crippen LogP contribution is -2.59. The smallest absolute Gasteiger partial charge is 0.317 e. The molecule has 5 nitrogen and oxygen atoms in total. The average Bonchev–Trinajstić information content (AvgIpc) is 2.67. The molecule has 0 saturated carbocycles. The van der Waals surface area contributed by atoms with Crippen LogP contribution in [0.15, 0.2) is 39.9 Å². The number of hydrogen-bond acceptors (Lipinski definition) is 2. The molecule has 1 aromatic carbocycles. The minimum absolute atomic E-state index is 0.00978. The summed E-state index contributed by atoms with van der Waals surface area (Å²) in [6.45, 7) is 5.37. The van der Waals surface area contributed by atoms with E-state index >= 15 is 0 Å². The Morgan fingerprint density at radius 2 is 1.75 bits per heavy atom. The van der Waals surface area contributed by atoms with Gasteiger partial charge < -0.3 is 15.1 Å². The van der Waals surface area contributed by atoms with Gasteiger partial charge in [-0.2, -0.15) is 0 Å². The Morgan fingerprint density at radius 3 is 2.36 bits per heavy atom. The van der Waals surface area contributed by atoms with Crippen LogP contribution in [0.4, 0.5) is 4.79 Å². The van der Waals surface area contributed by atoms with E-state index in [0.29, 0.717) is 41.7 Å². The summed E-state index contributed by atoms with van der Waals surface area (Å²) in [6.07, 6.45) is 3.22. The van der Waals surface area contributed by atoms with Crippen LogP contribution in [0, 0.1) is 13.8 Å². The number of nitrogens with zero attached hydrogens (tertiary/aromatic N) is 2. The number of piperazine rings is 1. The zero-order chi connectivity index (χ0) is 20.4. The largest absolute Gasteiger partial charge is 0.341 e. The monoisotopic (exact) mass is 421 g/mol. The van der Waals surface area contributed by atoms with E-state index in [-0.39, 0.29) is 18.0 Å². The average molecular weight is 422 g/mol. The molecule has 28 heavy (non-hydrogen) atoms. The topological polar surface area (TPSA) is 52.7 Å². The zero-order valence-corrected chi connectivity index (χ0v) is 17.9. The molecule has 0 aromatic heterocycles. The fraction of sp³-hybridized carbons (Fsp3) is 0.429. The second-order valence-electron chi connectivity index (χ2n) is 7.36. The molecule has 1 aliphatic carbocycles. The zero-order valence-electron chi connectivity index (χ0n) is 16.4. The van der Waals surface area contributed by atoms with E-state index in [4.69, 9.17) is 23.2 Å². The van der Waals surface area contributed by atoms with Crippen molar-refractivity contribution in [1.82, 2.24) is 15.1 Å². The van der Waals surface area contributed by atoms with E-state index in [1.165, 1.54) is 0 Å². The number of allylic oxidation sites excluding steroid dienone is 3. The molecule has 1 saturated heterocycles. The first-order valence-corrected chi connectivity index (χ1v) is 10.2. The van der Waals surface area contributed by atoms with Gasteiger partial charge in [-0.05, 0) is 50.5 Å². The number of benzene rings is 1. The molecule has 1 aromatic rings. The second kappa shape index (κ2) is 8.58. The van der Waals surface area contributed by atoms with Crippen LogP contribution in [-0.4, -0.2) is 54.5 Å². The van der Waals surface area contributed by atoms with Gasteiger partial charge in [0.15, 0.2) is 0 Å². The number of carbonyl (C=O) groups is 2. The first-order chi connectivity index (χ1) is 13.3. The van der Waals surface area contributed by atoms with Crippen molar-refractivity contribution in [2.24, 2.45) is 0 Å². The standard InChI is InChI=1S/C21H25Cl2N3O2/c1-13-8-14(2)10-16(9-13)20(27)25-6-7-26(21(28)24-3)19(12-25)15-4-5-17(22)18(23)11-15/h8-11,19H,4-7,12H2,1-3H3,(H,24,28)/t19-/m0/s1. The summed E-state index contributed by atoms with van der Waals surface area (Å²) in [7, 11) is 1.62. The van der Waals surface area contributed by atoms with Gasteiger partial charge in [-0.15, -0.1) is 0 Å². The van der Waals surface area contributed by atoms with Gasteiger partial charge in [-0.3, -0.25) is 4.79 Å². The number of hydrogen-bond donors (Lipinski definition) is 1. The van der Waals surface area contributed by atoms with Crippen LogP contribution in [0.25, 0.3) is 0 Å². The van der Waals surface area contributed by atoms with E-state index < -0.39 is 0 Å². The highest BCUT2D eigenvalue weighted by molar-refractivity contribution is 6.40. The Morgan fingerprint density at radius 1 is 1.07 bits per heavy atom. The quantitative estimate of drug-likeness (QED) is 0.778. The van der Waals surface area contributed by atoms with Gasteiger partial charge in [0.2, 0.25) is 0 Å². The molecule has 3 rings (SSSR count). The fourth-order valence-electron chi connectivity index (χ4n) is 3.90. The van der Waals surface area contributed by atoms with E-state index in [9.17, 15) is 9.59 Å². The summed E-state index contributed by atoms with van der Waals surface area (Å²) >= 11 is 12.4. The number of rotatable bonds is 2. The molecular formula is C21H25Cl2N3O2. The molecule has 0 bridgehead atoms. The van der Waals surface area contributed by atoms with Crippen LogP contribution >= 0.6 is 23.2 Å². The van der Waals surface area contributed by atoms with Crippen molar-refractivity contribution < 1.29 is 9.59 Å². The highest BCUT2D eigenvalue weighted by atomic mass is 35.5. The number of amides is 3. The number of urea groups is 1. The molecule has 0 spiro atoms. The maximum atomic E-state index is 13.1. The molecule has 2 aliphatic rings. The summed E-state index contributed by atoms with van der Waals surface area (Å²) in [5.74, 6) is -0.00978. The third kappa shape index (κ3) is 4.36. The lowest BCUT2D eigenvalue weighted by molar-refractivity contribution is 0.0596. The molecule has 0 radical (unpaired) electrons. The maximum Gasteiger partial charge on any atom is 0.317 e. The Bertz CT molecular complexity index is 843. The number of nitrogens with one attached hydrogen (secondary N) is 1. The van der Waals surface area contributed by atoms with Crippen LogP contribution in [0.1, 0.15) is 34.3 Å². The summed E-state index contributed by atoms with van der Waals surface area (Å²) < 4.78 is 0. The normalized spacial score (nSPS) is 20.2. The summed E-state index contributed by atoms with van der Waals surface area (Å²) in [5, 5.41) is 3.85. The van der Waals surface area contributed by atoms with Gasteiger partial charge in [-0.1, -0.05) is 40.4 Å². The lowest BCUT2D eigenvalue weighted by Gasteiger charge is -2.43. The van der Waals surface area contributed by atoms with Crippen molar-refractivity contribution in [3.05, 3.63) is 56.6 Å².